The lowest BCUT2D eigenvalue weighted by atomic mass is 10.1. The molecule has 0 radical (unpaired) electrons. The molecule has 1 heterocycles. The quantitative estimate of drug-likeness (QED) is 0.687. The molecule has 0 bridgehead atoms. The summed E-state index contributed by atoms with van der Waals surface area (Å²) in [4.78, 5) is 4.26. The van der Waals surface area contributed by atoms with E-state index in [-0.39, 0.29) is 0 Å². The first-order valence-corrected chi connectivity index (χ1v) is 5.13. The summed E-state index contributed by atoms with van der Waals surface area (Å²) in [6, 6.07) is 7.92. The average Bonchev–Trinajstić information content (AvgIpc) is 2.26. The van der Waals surface area contributed by atoms with Gasteiger partial charge in [0.15, 0.2) is 0 Å². The molecule has 0 unspecified atom stereocenters. The van der Waals surface area contributed by atoms with E-state index in [4.69, 9.17) is 16.9 Å². The molecule has 0 fully saturated rings. The minimum Gasteiger partial charge on any atom is -0.255 e. The molecule has 0 aliphatic rings. The fourth-order valence-corrected chi connectivity index (χ4v) is 1.74. The lowest BCUT2D eigenvalue weighted by molar-refractivity contribution is 1.31. The lowest BCUT2D eigenvalue weighted by Crippen LogP contribution is -1.89. The summed E-state index contributed by atoms with van der Waals surface area (Å²) < 4.78 is 0. The highest BCUT2D eigenvalue weighted by molar-refractivity contribution is 6.17. The summed E-state index contributed by atoms with van der Waals surface area (Å²) in [5, 5.41) is 9.97. The Balaban J connectivity index is 2.82. The normalized spacial score (nSPS) is 10.2. The van der Waals surface area contributed by atoms with Gasteiger partial charge in [-0.3, -0.25) is 4.98 Å². The summed E-state index contributed by atoms with van der Waals surface area (Å²) in [5.74, 6) is 0.415. The van der Waals surface area contributed by atoms with E-state index < -0.39 is 0 Å². The van der Waals surface area contributed by atoms with Crippen LogP contribution in [0.25, 0.3) is 10.9 Å². The zero-order valence-electron chi connectivity index (χ0n) is 8.29. The van der Waals surface area contributed by atoms with E-state index in [1.165, 1.54) is 0 Å². The largest absolute Gasteiger partial charge is 0.255 e. The van der Waals surface area contributed by atoms with Crippen molar-refractivity contribution >= 4 is 22.5 Å². The fourth-order valence-electron chi connectivity index (χ4n) is 1.58. The minimum atomic E-state index is 0.415. The number of rotatable bonds is 1. The number of hydrogen-bond acceptors (Lipinski definition) is 2. The molecule has 2 rings (SSSR count). The first kappa shape index (κ1) is 9.95. The smallest absolute Gasteiger partial charge is 0.101 e. The summed E-state index contributed by atoms with van der Waals surface area (Å²) in [5.41, 5.74) is 3.37. The summed E-state index contributed by atoms with van der Waals surface area (Å²) in [7, 11) is 0. The minimum absolute atomic E-state index is 0.415. The second-order valence-corrected chi connectivity index (χ2v) is 3.74. The summed E-state index contributed by atoms with van der Waals surface area (Å²) in [6.07, 6.45) is 1.77. The van der Waals surface area contributed by atoms with Gasteiger partial charge in [0.05, 0.1) is 11.1 Å². The van der Waals surface area contributed by atoms with Crippen molar-refractivity contribution in [2.45, 2.75) is 12.8 Å². The van der Waals surface area contributed by atoms with E-state index >= 15 is 0 Å². The molecule has 1 aromatic heterocycles. The second kappa shape index (κ2) is 3.88. The van der Waals surface area contributed by atoms with E-state index in [1.54, 1.807) is 12.3 Å². The maximum Gasteiger partial charge on any atom is 0.101 e. The van der Waals surface area contributed by atoms with Gasteiger partial charge in [-0.15, -0.1) is 11.6 Å². The molecular formula is C12H9ClN2. The Hall–Kier alpha value is -1.59. The van der Waals surface area contributed by atoms with Crippen molar-refractivity contribution in [3.05, 3.63) is 41.1 Å². The topological polar surface area (TPSA) is 36.7 Å². The number of hydrogen-bond donors (Lipinski definition) is 0. The van der Waals surface area contributed by atoms with Gasteiger partial charge in [0, 0.05) is 17.5 Å². The number of nitriles is 1. The van der Waals surface area contributed by atoms with Gasteiger partial charge in [-0.1, -0.05) is 0 Å². The number of halogens is 1. The van der Waals surface area contributed by atoms with Gasteiger partial charge < -0.3 is 0 Å². The predicted octanol–water partition coefficient (Wildman–Crippen LogP) is 3.15. The Bertz CT molecular complexity index is 555. The fraction of sp³-hybridized carbons (Fsp3) is 0.167. The summed E-state index contributed by atoms with van der Waals surface area (Å²) in [6.45, 7) is 1.98. The molecule has 0 spiro atoms. The molecule has 0 atom stereocenters. The highest BCUT2D eigenvalue weighted by Gasteiger charge is 2.04. The third kappa shape index (κ3) is 1.79. The Morgan fingerprint density at radius 1 is 1.40 bits per heavy atom. The van der Waals surface area contributed by atoms with Gasteiger partial charge in [0.2, 0.25) is 0 Å². The number of pyridine rings is 1. The van der Waals surface area contributed by atoms with Crippen molar-refractivity contribution < 1.29 is 0 Å². The molecule has 3 heteroatoms. The number of fused-ring (bicyclic) bond motifs is 1. The zero-order chi connectivity index (χ0) is 10.8. The molecule has 2 nitrogen and oxygen atoms in total. The number of benzene rings is 1. The van der Waals surface area contributed by atoms with Crippen molar-refractivity contribution in [1.82, 2.24) is 4.98 Å². The van der Waals surface area contributed by atoms with E-state index in [1.807, 2.05) is 19.1 Å². The van der Waals surface area contributed by atoms with Gasteiger partial charge in [0.1, 0.15) is 6.07 Å². The number of nitrogens with zero attached hydrogens (tertiary/aromatic N) is 2. The van der Waals surface area contributed by atoms with Gasteiger partial charge in [0.25, 0.3) is 0 Å². The molecular weight excluding hydrogens is 208 g/mol. The molecule has 2 aromatic rings. The Morgan fingerprint density at radius 3 is 2.87 bits per heavy atom. The van der Waals surface area contributed by atoms with Crippen LogP contribution < -0.4 is 0 Å². The molecule has 0 amide bonds. The van der Waals surface area contributed by atoms with Gasteiger partial charge in [-0.25, -0.2) is 0 Å². The van der Waals surface area contributed by atoms with Gasteiger partial charge in [-0.2, -0.15) is 5.26 Å². The number of aromatic nitrogens is 1. The van der Waals surface area contributed by atoms with Crippen molar-refractivity contribution in [3.63, 3.8) is 0 Å². The molecule has 0 N–H and O–H groups in total. The second-order valence-electron chi connectivity index (χ2n) is 3.47. The van der Waals surface area contributed by atoms with Crippen LogP contribution in [0.15, 0.2) is 24.4 Å². The van der Waals surface area contributed by atoms with Crippen molar-refractivity contribution in [3.8, 4) is 6.07 Å². The molecule has 0 saturated carbocycles. The number of aryl methyl sites for hydroxylation is 1. The van der Waals surface area contributed by atoms with E-state index in [0.29, 0.717) is 11.4 Å². The van der Waals surface area contributed by atoms with Crippen LogP contribution in [-0.2, 0) is 5.88 Å². The lowest BCUT2D eigenvalue weighted by Gasteiger charge is -2.03. The molecule has 15 heavy (non-hydrogen) atoms. The predicted molar refractivity (Wildman–Crippen MR) is 60.8 cm³/mol. The molecule has 74 valence electrons. The van der Waals surface area contributed by atoms with Crippen LogP contribution in [0.4, 0.5) is 0 Å². The standard InChI is InChI=1S/C12H9ClN2/c1-8-2-10-3-9(5-13)4-11(6-14)12(10)15-7-8/h2-4,7H,5H2,1H3. The summed E-state index contributed by atoms with van der Waals surface area (Å²) >= 11 is 5.77. The zero-order valence-corrected chi connectivity index (χ0v) is 9.04. The number of alkyl halides is 1. The van der Waals surface area contributed by atoms with Crippen molar-refractivity contribution in [1.29, 1.82) is 5.26 Å². The van der Waals surface area contributed by atoms with E-state index in [2.05, 4.69) is 11.1 Å². The maximum atomic E-state index is 8.99. The van der Waals surface area contributed by atoms with Crippen LogP contribution in [0.5, 0.6) is 0 Å². The first-order valence-electron chi connectivity index (χ1n) is 4.60. The van der Waals surface area contributed by atoms with Gasteiger partial charge in [-0.05, 0) is 36.2 Å². The molecule has 0 saturated heterocycles. The van der Waals surface area contributed by atoms with Crippen LogP contribution in [0, 0.1) is 18.3 Å². The third-order valence-electron chi connectivity index (χ3n) is 2.25. The highest BCUT2D eigenvalue weighted by atomic mass is 35.5. The third-order valence-corrected chi connectivity index (χ3v) is 2.56. The first-order chi connectivity index (χ1) is 7.24. The highest BCUT2D eigenvalue weighted by Crippen LogP contribution is 2.20. The Labute approximate surface area is 93.1 Å². The Kier molecular flexibility index (Phi) is 2.57. The van der Waals surface area contributed by atoms with Gasteiger partial charge >= 0.3 is 0 Å². The van der Waals surface area contributed by atoms with Crippen LogP contribution in [-0.4, -0.2) is 4.98 Å². The monoisotopic (exact) mass is 216 g/mol. The van der Waals surface area contributed by atoms with E-state index in [9.17, 15) is 0 Å². The van der Waals surface area contributed by atoms with Crippen LogP contribution >= 0.6 is 11.6 Å². The van der Waals surface area contributed by atoms with Crippen LogP contribution in [0.2, 0.25) is 0 Å². The SMILES string of the molecule is Cc1cnc2c(C#N)cc(CCl)cc2c1. The Morgan fingerprint density at radius 2 is 2.20 bits per heavy atom. The van der Waals surface area contributed by atoms with Crippen LogP contribution in [0.3, 0.4) is 0 Å². The van der Waals surface area contributed by atoms with Crippen molar-refractivity contribution in [2.75, 3.05) is 0 Å². The molecule has 0 aliphatic heterocycles. The maximum absolute atomic E-state index is 8.99. The average molecular weight is 217 g/mol. The van der Waals surface area contributed by atoms with E-state index in [0.717, 1.165) is 22.0 Å². The van der Waals surface area contributed by atoms with Crippen LogP contribution in [0.1, 0.15) is 16.7 Å². The van der Waals surface area contributed by atoms with Crippen molar-refractivity contribution in [2.24, 2.45) is 0 Å². The molecule has 1 aromatic carbocycles. The molecule has 0 aliphatic carbocycles.